The molecule has 0 fully saturated rings. The molecule has 5 heteroatoms. The maximum absolute atomic E-state index is 10.5. The minimum atomic E-state index is -0.984. The van der Waals surface area contributed by atoms with Crippen molar-refractivity contribution in [2.45, 2.75) is 25.9 Å². The second-order valence-corrected chi connectivity index (χ2v) is 4.98. The van der Waals surface area contributed by atoms with E-state index in [1.807, 2.05) is 37.4 Å². The van der Waals surface area contributed by atoms with Crippen molar-refractivity contribution in [2.24, 2.45) is 5.92 Å². The summed E-state index contributed by atoms with van der Waals surface area (Å²) < 4.78 is 5.70. The summed E-state index contributed by atoms with van der Waals surface area (Å²) in [4.78, 5) is 13.6. The number of rotatable bonds is 7. The highest BCUT2D eigenvalue weighted by Crippen LogP contribution is 2.25. The molecule has 1 aromatic heterocycles. The van der Waals surface area contributed by atoms with Gasteiger partial charge in [0.1, 0.15) is 5.75 Å². The third-order valence-corrected chi connectivity index (χ3v) is 3.42. The third kappa shape index (κ3) is 3.51. The molecule has 0 aliphatic carbocycles. The lowest BCUT2D eigenvalue weighted by Crippen LogP contribution is -2.23. The number of aliphatic hydroxyl groups is 1. The molecule has 0 unspecified atom stereocenters. The van der Waals surface area contributed by atoms with E-state index in [0.29, 0.717) is 13.0 Å². The Morgan fingerprint density at radius 3 is 2.90 bits per heavy atom. The summed E-state index contributed by atoms with van der Waals surface area (Å²) in [5.74, 6) is -0.321. The first-order valence-electron chi connectivity index (χ1n) is 6.66. The molecule has 2 rings (SSSR count). The topological polar surface area (TPSA) is 82.5 Å². The van der Waals surface area contributed by atoms with Gasteiger partial charge in [-0.05, 0) is 24.5 Å². The molecule has 0 saturated heterocycles. The maximum atomic E-state index is 10.5. The molecule has 1 heterocycles. The lowest BCUT2D eigenvalue weighted by atomic mass is 9.99. The number of aliphatic carboxylic acids is 1. The molecule has 0 aliphatic rings. The van der Waals surface area contributed by atoms with E-state index in [-0.39, 0.29) is 12.3 Å². The molecule has 0 aliphatic heterocycles. The first-order valence-corrected chi connectivity index (χ1v) is 6.66. The van der Waals surface area contributed by atoms with Gasteiger partial charge in [0, 0.05) is 17.1 Å². The summed E-state index contributed by atoms with van der Waals surface area (Å²) in [7, 11) is 0. The van der Waals surface area contributed by atoms with Gasteiger partial charge in [-0.25, -0.2) is 0 Å². The molecule has 2 aromatic rings. The molecule has 0 saturated carbocycles. The van der Waals surface area contributed by atoms with Crippen molar-refractivity contribution in [1.82, 2.24) is 4.98 Å². The average molecular weight is 277 g/mol. The Morgan fingerprint density at radius 2 is 2.15 bits per heavy atom. The number of benzene rings is 1. The fourth-order valence-electron chi connectivity index (χ4n) is 2.09. The maximum Gasteiger partial charge on any atom is 0.305 e. The van der Waals surface area contributed by atoms with Gasteiger partial charge >= 0.3 is 5.97 Å². The monoisotopic (exact) mass is 277 g/mol. The Hall–Kier alpha value is -2.01. The fraction of sp³-hybridized carbons (Fsp3) is 0.400. The number of para-hydroxylation sites is 1. The summed E-state index contributed by atoms with van der Waals surface area (Å²) in [6, 6.07) is 7.85. The number of carboxylic acid groups (broad SMARTS) is 1. The molecular weight excluding hydrogens is 258 g/mol. The zero-order valence-electron chi connectivity index (χ0n) is 11.4. The normalized spacial score (nSPS) is 14.1. The smallest absolute Gasteiger partial charge is 0.305 e. The molecule has 2 atom stereocenters. The van der Waals surface area contributed by atoms with Crippen LogP contribution in [0.2, 0.25) is 0 Å². The summed E-state index contributed by atoms with van der Waals surface area (Å²) >= 11 is 0. The fourth-order valence-corrected chi connectivity index (χ4v) is 2.09. The van der Waals surface area contributed by atoms with Crippen LogP contribution in [0.15, 0.2) is 30.5 Å². The second kappa shape index (κ2) is 6.43. The highest BCUT2D eigenvalue weighted by atomic mass is 16.5. The number of nitrogens with one attached hydrogen (secondary N) is 1. The van der Waals surface area contributed by atoms with Crippen molar-refractivity contribution in [2.75, 3.05) is 6.61 Å². The minimum Gasteiger partial charge on any atom is -0.491 e. The highest BCUT2D eigenvalue weighted by molar-refractivity contribution is 5.85. The van der Waals surface area contributed by atoms with E-state index in [9.17, 15) is 9.90 Å². The lowest BCUT2D eigenvalue weighted by Gasteiger charge is -2.17. The Balaban J connectivity index is 1.85. The van der Waals surface area contributed by atoms with Crippen LogP contribution in [0.4, 0.5) is 0 Å². The third-order valence-electron chi connectivity index (χ3n) is 3.42. The molecule has 0 radical (unpaired) electrons. The van der Waals surface area contributed by atoms with Gasteiger partial charge in [0.05, 0.1) is 19.1 Å². The van der Waals surface area contributed by atoms with Gasteiger partial charge in [0.2, 0.25) is 0 Å². The number of carboxylic acids is 1. The molecule has 0 spiro atoms. The van der Waals surface area contributed by atoms with Crippen molar-refractivity contribution < 1.29 is 19.7 Å². The van der Waals surface area contributed by atoms with Crippen LogP contribution < -0.4 is 4.74 Å². The number of hydrogen-bond donors (Lipinski definition) is 3. The summed E-state index contributed by atoms with van der Waals surface area (Å²) in [5, 5.41) is 19.3. The van der Waals surface area contributed by atoms with Crippen molar-refractivity contribution in [3.05, 3.63) is 30.5 Å². The van der Waals surface area contributed by atoms with Crippen LogP contribution in [0, 0.1) is 5.92 Å². The predicted molar refractivity (Wildman–Crippen MR) is 75.8 cm³/mol. The molecule has 108 valence electrons. The minimum absolute atomic E-state index is 0.115. The molecule has 0 amide bonds. The van der Waals surface area contributed by atoms with Crippen LogP contribution in [0.3, 0.4) is 0 Å². The number of aromatic nitrogens is 1. The Bertz CT molecular complexity index is 578. The quantitative estimate of drug-likeness (QED) is 0.725. The van der Waals surface area contributed by atoms with Gasteiger partial charge in [0.25, 0.3) is 0 Å². The van der Waals surface area contributed by atoms with Crippen LogP contribution in [-0.4, -0.2) is 33.9 Å². The largest absolute Gasteiger partial charge is 0.491 e. The van der Waals surface area contributed by atoms with E-state index in [0.717, 1.165) is 16.7 Å². The van der Waals surface area contributed by atoms with Gasteiger partial charge in [-0.1, -0.05) is 19.1 Å². The zero-order chi connectivity index (χ0) is 14.5. The summed E-state index contributed by atoms with van der Waals surface area (Å²) in [6.45, 7) is 2.27. The predicted octanol–water partition coefficient (Wildman–Crippen LogP) is 2.41. The van der Waals surface area contributed by atoms with Crippen LogP contribution in [-0.2, 0) is 4.79 Å². The van der Waals surface area contributed by atoms with Crippen molar-refractivity contribution in [1.29, 1.82) is 0 Å². The van der Waals surface area contributed by atoms with E-state index in [2.05, 4.69) is 4.98 Å². The van der Waals surface area contributed by atoms with Crippen LogP contribution >= 0.6 is 0 Å². The number of hydrogen-bond acceptors (Lipinski definition) is 3. The number of carbonyl (C=O) groups is 1. The highest BCUT2D eigenvalue weighted by Gasteiger charge is 2.17. The van der Waals surface area contributed by atoms with Crippen molar-refractivity contribution >= 4 is 16.9 Å². The average Bonchev–Trinajstić information content (AvgIpc) is 2.81. The summed E-state index contributed by atoms with van der Waals surface area (Å²) in [5.41, 5.74) is 1.02. The molecular formula is C15H19NO4. The number of H-pyrrole nitrogens is 1. The van der Waals surface area contributed by atoms with Gasteiger partial charge in [-0.3, -0.25) is 4.79 Å². The number of ether oxygens (including phenoxy) is 1. The molecule has 1 aromatic carbocycles. The zero-order valence-corrected chi connectivity index (χ0v) is 11.4. The second-order valence-electron chi connectivity index (χ2n) is 4.98. The number of aromatic amines is 1. The summed E-state index contributed by atoms with van der Waals surface area (Å²) in [6.07, 6.45) is 1.35. The van der Waals surface area contributed by atoms with Crippen LogP contribution in [0.1, 0.15) is 19.8 Å². The molecule has 0 bridgehead atoms. The van der Waals surface area contributed by atoms with Crippen LogP contribution in [0.5, 0.6) is 5.75 Å². The first kappa shape index (κ1) is 14.4. The van der Waals surface area contributed by atoms with Gasteiger partial charge in [0.15, 0.2) is 0 Å². The molecule has 5 nitrogen and oxygen atoms in total. The standard InChI is InChI=1S/C15H19NO4/c1-10(13(17)8-15(18)19)6-7-20-14-9-16-12-5-3-2-4-11(12)14/h2-5,9-10,13,16-17H,6-8H2,1H3,(H,18,19)/t10-,13+/m0/s1. The van der Waals surface area contributed by atoms with Gasteiger partial charge < -0.3 is 19.9 Å². The van der Waals surface area contributed by atoms with Crippen molar-refractivity contribution in [3.63, 3.8) is 0 Å². The van der Waals surface area contributed by atoms with Gasteiger partial charge in [-0.2, -0.15) is 0 Å². The lowest BCUT2D eigenvalue weighted by molar-refractivity contribution is -0.139. The van der Waals surface area contributed by atoms with E-state index >= 15 is 0 Å². The van der Waals surface area contributed by atoms with E-state index in [1.54, 1.807) is 0 Å². The van der Waals surface area contributed by atoms with E-state index in [1.165, 1.54) is 0 Å². The first-order chi connectivity index (χ1) is 9.58. The molecule has 3 N–H and O–H groups in total. The number of fused-ring (bicyclic) bond motifs is 1. The van der Waals surface area contributed by atoms with Crippen molar-refractivity contribution in [3.8, 4) is 5.75 Å². The Labute approximate surface area is 117 Å². The van der Waals surface area contributed by atoms with Crippen LogP contribution in [0.25, 0.3) is 10.9 Å². The Kier molecular flexibility index (Phi) is 4.63. The Morgan fingerprint density at radius 1 is 1.40 bits per heavy atom. The molecule has 20 heavy (non-hydrogen) atoms. The number of aliphatic hydroxyl groups excluding tert-OH is 1. The van der Waals surface area contributed by atoms with Gasteiger partial charge in [-0.15, -0.1) is 0 Å². The van der Waals surface area contributed by atoms with E-state index < -0.39 is 12.1 Å². The SMILES string of the molecule is C[C@@H](CCOc1c[nH]c2ccccc12)[C@H](O)CC(=O)O. The van der Waals surface area contributed by atoms with E-state index in [4.69, 9.17) is 9.84 Å².